The van der Waals surface area contributed by atoms with Gasteiger partial charge in [0.05, 0.1) is 0 Å². The second kappa shape index (κ2) is 2.36. The van der Waals surface area contributed by atoms with Crippen LogP contribution in [0.25, 0.3) is 0 Å². The second-order valence-corrected chi connectivity index (χ2v) is 3.98. The molecule has 0 aromatic carbocycles. The summed E-state index contributed by atoms with van der Waals surface area (Å²) in [6.45, 7) is 0. The number of fused-ring (bicyclic) bond motifs is 2. The summed E-state index contributed by atoms with van der Waals surface area (Å²) < 4.78 is 2.46. The summed E-state index contributed by atoms with van der Waals surface area (Å²) in [4.78, 5) is 0. The topological polar surface area (TPSA) is 3.24 Å². The maximum Gasteiger partial charge on any atom is 0.0214 e. The molecule has 9 heavy (non-hydrogen) atoms. The first kappa shape index (κ1) is 6.38. The minimum absolute atomic E-state index is 0.873. The van der Waals surface area contributed by atoms with Crippen LogP contribution in [0.5, 0.6) is 0 Å². The third-order valence-corrected chi connectivity index (χ3v) is 3.83. The molecule has 0 radical (unpaired) electrons. The summed E-state index contributed by atoms with van der Waals surface area (Å²) in [5, 5.41) is 0. The molecule has 2 fully saturated rings. The van der Waals surface area contributed by atoms with Gasteiger partial charge in [-0.25, -0.2) is 4.31 Å². The van der Waals surface area contributed by atoms with Crippen molar-refractivity contribution in [2.24, 2.45) is 0 Å². The van der Waals surface area contributed by atoms with Crippen LogP contribution >= 0.6 is 22.6 Å². The first-order valence-corrected chi connectivity index (χ1v) is 5.34. The molecule has 2 saturated heterocycles. The lowest BCUT2D eigenvalue weighted by molar-refractivity contribution is 0.459. The van der Waals surface area contributed by atoms with Crippen molar-refractivity contribution >= 4 is 22.6 Å². The Morgan fingerprint density at radius 2 is 1.56 bits per heavy atom. The van der Waals surface area contributed by atoms with Crippen LogP contribution in [-0.2, 0) is 0 Å². The van der Waals surface area contributed by atoms with Crippen LogP contribution in [0.2, 0.25) is 0 Å². The summed E-state index contributed by atoms with van der Waals surface area (Å²) in [5.74, 6) is 0. The largest absolute Gasteiger partial charge is 0.235 e. The maximum absolute atomic E-state index is 4.22. The minimum atomic E-state index is 0.873. The van der Waals surface area contributed by atoms with Crippen molar-refractivity contribution in [1.29, 1.82) is 0 Å². The quantitative estimate of drug-likeness (QED) is 0.356. The van der Waals surface area contributed by atoms with Crippen LogP contribution < -0.4 is 0 Å². The average Bonchev–Trinajstić information content (AvgIpc) is 2.44. The van der Waals surface area contributed by atoms with E-state index in [2.05, 4.69) is 16.0 Å². The molecular weight excluding hydrogens is 150 g/mol. The lowest BCUT2D eigenvalue weighted by atomic mass is 10.0. The van der Waals surface area contributed by atoms with Crippen molar-refractivity contribution < 1.29 is 0 Å². The standard InChI is InChI=1S/C6H11NS2/c8-9-7-5-1-2-6(7)4-3-5/h5-6,8H,1-4H2. The van der Waals surface area contributed by atoms with Gasteiger partial charge in [-0.1, -0.05) is 11.7 Å². The van der Waals surface area contributed by atoms with E-state index in [9.17, 15) is 0 Å². The Morgan fingerprint density at radius 1 is 1.11 bits per heavy atom. The fourth-order valence-corrected chi connectivity index (χ4v) is 3.49. The highest BCUT2D eigenvalue weighted by atomic mass is 33.1. The van der Waals surface area contributed by atoms with Gasteiger partial charge in [-0.05, 0) is 36.7 Å². The van der Waals surface area contributed by atoms with Gasteiger partial charge in [-0.15, -0.1) is 0 Å². The highest BCUT2D eigenvalue weighted by Gasteiger charge is 2.39. The Morgan fingerprint density at radius 3 is 1.78 bits per heavy atom. The van der Waals surface area contributed by atoms with Crippen LogP contribution in [-0.4, -0.2) is 16.4 Å². The zero-order valence-corrected chi connectivity index (χ0v) is 7.00. The number of nitrogens with zero attached hydrogens (tertiary/aromatic N) is 1. The minimum Gasteiger partial charge on any atom is -0.235 e. The lowest BCUT2D eigenvalue weighted by Gasteiger charge is -2.15. The Kier molecular flexibility index (Phi) is 1.67. The average molecular weight is 161 g/mol. The summed E-state index contributed by atoms with van der Waals surface area (Å²) in [7, 11) is 1.64. The molecule has 1 nitrogen and oxygen atoms in total. The zero-order valence-electron chi connectivity index (χ0n) is 5.29. The van der Waals surface area contributed by atoms with E-state index in [-0.39, 0.29) is 0 Å². The van der Waals surface area contributed by atoms with Gasteiger partial charge in [0.25, 0.3) is 0 Å². The highest BCUT2D eigenvalue weighted by molar-refractivity contribution is 8.67. The molecule has 0 unspecified atom stereocenters. The molecule has 0 spiro atoms. The van der Waals surface area contributed by atoms with Gasteiger partial charge in [0.2, 0.25) is 0 Å². The summed E-state index contributed by atoms with van der Waals surface area (Å²) in [6.07, 6.45) is 5.66. The van der Waals surface area contributed by atoms with Crippen LogP contribution in [0.1, 0.15) is 25.7 Å². The molecule has 2 aliphatic rings. The van der Waals surface area contributed by atoms with E-state index in [1.165, 1.54) is 25.7 Å². The SMILES string of the molecule is SSN1C2CCC1CC2. The van der Waals surface area contributed by atoms with E-state index < -0.39 is 0 Å². The molecule has 0 atom stereocenters. The Labute approximate surface area is 65.1 Å². The van der Waals surface area contributed by atoms with Gasteiger partial charge in [-0.3, -0.25) is 0 Å². The van der Waals surface area contributed by atoms with Crippen LogP contribution in [0.4, 0.5) is 0 Å². The molecule has 2 aliphatic heterocycles. The van der Waals surface area contributed by atoms with Crippen molar-refractivity contribution in [2.45, 2.75) is 37.8 Å². The smallest absolute Gasteiger partial charge is 0.0214 e. The van der Waals surface area contributed by atoms with E-state index in [1.807, 2.05) is 0 Å². The number of hydrogen-bond acceptors (Lipinski definition) is 3. The van der Waals surface area contributed by atoms with Crippen molar-refractivity contribution in [3.05, 3.63) is 0 Å². The molecule has 0 amide bonds. The van der Waals surface area contributed by atoms with Gasteiger partial charge >= 0.3 is 0 Å². The lowest BCUT2D eigenvalue weighted by Crippen LogP contribution is -2.18. The van der Waals surface area contributed by atoms with E-state index in [0.717, 1.165) is 12.1 Å². The van der Waals surface area contributed by atoms with E-state index in [1.54, 1.807) is 11.0 Å². The highest BCUT2D eigenvalue weighted by Crippen LogP contribution is 2.42. The predicted molar refractivity (Wildman–Crippen MR) is 44.5 cm³/mol. The normalized spacial score (nSPS) is 42.3. The second-order valence-electron chi connectivity index (χ2n) is 2.90. The Balaban J connectivity index is 2.08. The van der Waals surface area contributed by atoms with E-state index in [0.29, 0.717) is 0 Å². The fourth-order valence-electron chi connectivity index (χ4n) is 2.00. The number of hydrogen-bond donors (Lipinski definition) is 1. The van der Waals surface area contributed by atoms with Gasteiger partial charge in [0.15, 0.2) is 0 Å². The number of rotatable bonds is 1. The molecule has 0 aromatic rings. The summed E-state index contributed by atoms with van der Waals surface area (Å²) >= 11 is 4.22. The Hall–Kier alpha value is 0.660. The third kappa shape index (κ3) is 0.900. The molecular formula is C6H11NS2. The van der Waals surface area contributed by atoms with Crippen molar-refractivity contribution in [2.75, 3.05) is 0 Å². The molecule has 0 aromatic heterocycles. The Bertz CT molecular complexity index is 97.6. The molecule has 0 N–H and O–H groups in total. The molecule has 2 bridgehead atoms. The van der Waals surface area contributed by atoms with Crippen LogP contribution in [0, 0.1) is 0 Å². The number of thiol groups is 1. The van der Waals surface area contributed by atoms with Crippen molar-refractivity contribution in [3.8, 4) is 0 Å². The maximum atomic E-state index is 4.22. The van der Waals surface area contributed by atoms with Gasteiger partial charge < -0.3 is 0 Å². The predicted octanol–water partition coefficient (Wildman–Crippen LogP) is 2.11. The van der Waals surface area contributed by atoms with Gasteiger partial charge in [-0.2, -0.15) is 0 Å². The van der Waals surface area contributed by atoms with Gasteiger partial charge in [0.1, 0.15) is 0 Å². The zero-order chi connectivity index (χ0) is 6.27. The molecule has 0 saturated carbocycles. The first-order valence-electron chi connectivity index (χ1n) is 3.51. The fraction of sp³-hybridized carbons (Fsp3) is 1.00. The van der Waals surface area contributed by atoms with Crippen molar-refractivity contribution in [1.82, 2.24) is 4.31 Å². The summed E-state index contributed by atoms with van der Waals surface area (Å²) in [6, 6.07) is 1.75. The molecule has 0 aliphatic carbocycles. The monoisotopic (exact) mass is 161 g/mol. The van der Waals surface area contributed by atoms with E-state index in [4.69, 9.17) is 0 Å². The first-order chi connectivity index (χ1) is 4.42. The van der Waals surface area contributed by atoms with Crippen LogP contribution in [0.3, 0.4) is 0 Å². The molecule has 3 heteroatoms. The van der Waals surface area contributed by atoms with Crippen molar-refractivity contribution in [3.63, 3.8) is 0 Å². The van der Waals surface area contributed by atoms with Gasteiger partial charge in [0, 0.05) is 12.1 Å². The molecule has 2 heterocycles. The van der Waals surface area contributed by atoms with E-state index >= 15 is 0 Å². The molecule has 2 rings (SSSR count). The van der Waals surface area contributed by atoms with Crippen LogP contribution in [0.15, 0.2) is 0 Å². The summed E-state index contributed by atoms with van der Waals surface area (Å²) in [5.41, 5.74) is 0. The molecule has 52 valence electrons. The third-order valence-electron chi connectivity index (χ3n) is 2.48.